The van der Waals surface area contributed by atoms with Crippen molar-refractivity contribution in [1.29, 1.82) is 0 Å². The lowest BCUT2D eigenvalue weighted by molar-refractivity contribution is -0.136. The fourth-order valence-corrected chi connectivity index (χ4v) is 3.69. The van der Waals surface area contributed by atoms with E-state index in [4.69, 9.17) is 4.74 Å². The summed E-state index contributed by atoms with van der Waals surface area (Å²) >= 11 is 0. The zero-order valence-corrected chi connectivity index (χ0v) is 15.0. The molecule has 0 saturated carbocycles. The van der Waals surface area contributed by atoms with Crippen molar-refractivity contribution < 1.29 is 18.3 Å². The molecule has 27 heavy (non-hydrogen) atoms. The van der Waals surface area contributed by atoms with Crippen molar-refractivity contribution in [3.63, 3.8) is 0 Å². The van der Waals surface area contributed by atoms with Gasteiger partial charge in [0.2, 0.25) is 5.91 Å². The molecule has 0 radical (unpaired) electrons. The first-order chi connectivity index (χ1) is 13.1. The van der Waals surface area contributed by atoms with Gasteiger partial charge in [-0.3, -0.25) is 14.7 Å². The molecule has 1 aromatic carbocycles. The number of benzene rings is 1. The fourth-order valence-electron chi connectivity index (χ4n) is 3.69. The molecule has 1 amide bonds. The highest BCUT2D eigenvalue weighted by molar-refractivity contribution is 5.92. The molecule has 2 aliphatic rings. The van der Waals surface area contributed by atoms with Crippen molar-refractivity contribution in [2.24, 2.45) is 0 Å². The second-order valence-electron chi connectivity index (χ2n) is 6.84. The van der Waals surface area contributed by atoms with Gasteiger partial charge in [0.05, 0.1) is 30.8 Å². The van der Waals surface area contributed by atoms with Gasteiger partial charge in [0.1, 0.15) is 17.2 Å². The Balaban J connectivity index is 1.43. The second-order valence-corrected chi connectivity index (χ2v) is 6.84. The van der Waals surface area contributed by atoms with Crippen LogP contribution in [0, 0.1) is 11.6 Å². The molecule has 2 saturated heterocycles. The highest BCUT2D eigenvalue weighted by atomic mass is 19.1. The number of rotatable bonds is 3. The number of hydrogen-bond donors (Lipinski definition) is 0. The van der Waals surface area contributed by atoms with E-state index in [1.165, 1.54) is 6.20 Å². The third kappa shape index (κ3) is 3.72. The van der Waals surface area contributed by atoms with Gasteiger partial charge in [-0.2, -0.15) is 0 Å². The molecule has 0 bridgehead atoms. The number of halogens is 2. The number of carbonyl (C=O) groups excluding carboxylic acids is 1. The summed E-state index contributed by atoms with van der Waals surface area (Å²) in [5.41, 5.74) is 0.702. The average molecular weight is 376 g/mol. The maximum absolute atomic E-state index is 14.3. The van der Waals surface area contributed by atoms with Gasteiger partial charge in [-0.1, -0.05) is 0 Å². The van der Waals surface area contributed by atoms with Gasteiger partial charge < -0.3 is 14.5 Å². The van der Waals surface area contributed by atoms with Crippen molar-refractivity contribution in [2.75, 3.05) is 63.9 Å². The number of pyridine rings is 1. The number of ether oxygens (including phenoxy) is 1. The third-order valence-electron chi connectivity index (χ3n) is 5.21. The maximum atomic E-state index is 14.3. The van der Waals surface area contributed by atoms with E-state index in [0.29, 0.717) is 64.7 Å². The third-order valence-corrected chi connectivity index (χ3v) is 5.21. The summed E-state index contributed by atoms with van der Waals surface area (Å²) in [6.07, 6.45) is 1.51. The van der Waals surface area contributed by atoms with Crippen molar-refractivity contribution in [3.05, 3.63) is 36.0 Å². The lowest BCUT2D eigenvalue weighted by Gasteiger charge is -2.37. The monoisotopic (exact) mass is 376 g/mol. The molecule has 2 aromatic rings. The largest absolute Gasteiger partial charge is 0.378 e. The Hall–Kier alpha value is -2.32. The Bertz CT molecular complexity index is 834. The number of morpholine rings is 1. The number of aromatic nitrogens is 1. The van der Waals surface area contributed by atoms with E-state index < -0.39 is 11.6 Å². The van der Waals surface area contributed by atoms with Gasteiger partial charge in [-0.15, -0.1) is 0 Å². The number of hydrogen-bond acceptors (Lipinski definition) is 5. The second kappa shape index (κ2) is 7.74. The van der Waals surface area contributed by atoms with Crippen LogP contribution >= 0.6 is 0 Å². The Kier molecular flexibility index (Phi) is 5.18. The number of nitrogens with zero attached hydrogens (tertiary/aromatic N) is 4. The van der Waals surface area contributed by atoms with Crippen LogP contribution in [0.1, 0.15) is 0 Å². The SMILES string of the molecule is O=C(CN1CCN(c2ccnc3c(F)ccc(F)c23)CC1)N1CCOCC1. The average Bonchev–Trinajstić information content (AvgIpc) is 2.72. The number of carbonyl (C=O) groups is 1. The van der Waals surface area contributed by atoms with Gasteiger partial charge >= 0.3 is 0 Å². The lowest BCUT2D eigenvalue weighted by Crippen LogP contribution is -2.51. The van der Waals surface area contributed by atoms with E-state index in [1.54, 1.807) is 6.07 Å². The quantitative estimate of drug-likeness (QED) is 0.813. The molecule has 0 N–H and O–H groups in total. The molecule has 1 aromatic heterocycles. The summed E-state index contributed by atoms with van der Waals surface area (Å²) < 4.78 is 33.6. The van der Waals surface area contributed by atoms with E-state index in [2.05, 4.69) is 9.88 Å². The Morgan fingerprint density at radius 2 is 1.70 bits per heavy atom. The van der Waals surface area contributed by atoms with Crippen LogP contribution in [0.2, 0.25) is 0 Å². The van der Waals surface area contributed by atoms with Gasteiger partial charge in [0.25, 0.3) is 0 Å². The van der Waals surface area contributed by atoms with Crippen LogP contribution in [0.15, 0.2) is 24.4 Å². The molecule has 2 fully saturated rings. The first-order valence-electron chi connectivity index (χ1n) is 9.19. The van der Waals surface area contributed by atoms with Gasteiger partial charge in [0, 0.05) is 45.5 Å². The summed E-state index contributed by atoms with van der Waals surface area (Å²) in [7, 11) is 0. The molecule has 6 nitrogen and oxygen atoms in total. The molecular formula is C19H22F2N4O2. The van der Waals surface area contributed by atoms with Crippen LogP contribution in [0.3, 0.4) is 0 Å². The van der Waals surface area contributed by atoms with E-state index in [9.17, 15) is 13.6 Å². The Labute approximate surface area is 156 Å². The van der Waals surface area contributed by atoms with Gasteiger partial charge in [0.15, 0.2) is 0 Å². The zero-order chi connectivity index (χ0) is 18.8. The van der Waals surface area contributed by atoms with Crippen molar-refractivity contribution in [1.82, 2.24) is 14.8 Å². The number of piperazine rings is 1. The highest BCUT2D eigenvalue weighted by Crippen LogP contribution is 2.30. The van der Waals surface area contributed by atoms with Crippen molar-refractivity contribution in [3.8, 4) is 0 Å². The van der Waals surface area contributed by atoms with Crippen molar-refractivity contribution in [2.45, 2.75) is 0 Å². The predicted octanol–water partition coefficient (Wildman–Crippen LogP) is 1.49. The summed E-state index contributed by atoms with van der Waals surface area (Å²) in [5, 5.41) is 0.218. The highest BCUT2D eigenvalue weighted by Gasteiger charge is 2.24. The maximum Gasteiger partial charge on any atom is 0.236 e. The number of amides is 1. The van der Waals surface area contributed by atoms with Gasteiger partial charge in [-0.25, -0.2) is 8.78 Å². The minimum absolute atomic E-state index is 0.0532. The number of fused-ring (bicyclic) bond motifs is 1. The molecular weight excluding hydrogens is 354 g/mol. The fraction of sp³-hybridized carbons (Fsp3) is 0.474. The van der Waals surface area contributed by atoms with E-state index in [1.807, 2.05) is 9.80 Å². The zero-order valence-electron chi connectivity index (χ0n) is 15.0. The molecule has 4 rings (SSSR count). The minimum Gasteiger partial charge on any atom is -0.378 e. The minimum atomic E-state index is -0.525. The van der Waals surface area contributed by atoms with Crippen LogP contribution < -0.4 is 4.90 Å². The molecule has 144 valence electrons. The summed E-state index contributed by atoms with van der Waals surface area (Å²) in [5.74, 6) is -0.878. The summed E-state index contributed by atoms with van der Waals surface area (Å²) in [4.78, 5) is 22.4. The Morgan fingerprint density at radius 3 is 2.44 bits per heavy atom. The smallest absolute Gasteiger partial charge is 0.236 e. The van der Waals surface area contributed by atoms with E-state index in [0.717, 1.165) is 12.1 Å². The van der Waals surface area contributed by atoms with E-state index in [-0.39, 0.29) is 16.8 Å². The van der Waals surface area contributed by atoms with Crippen LogP contribution in [0.25, 0.3) is 10.9 Å². The first-order valence-corrected chi connectivity index (χ1v) is 9.19. The molecule has 2 aliphatic heterocycles. The summed E-state index contributed by atoms with van der Waals surface area (Å²) in [6.45, 7) is 5.53. The normalized spacial score (nSPS) is 18.9. The Morgan fingerprint density at radius 1 is 1.00 bits per heavy atom. The lowest BCUT2D eigenvalue weighted by atomic mass is 10.1. The first kappa shape index (κ1) is 18.1. The molecule has 0 unspecified atom stereocenters. The molecule has 0 atom stereocenters. The standard InChI is InChI=1S/C19H22F2N4O2/c20-14-1-2-15(21)19-18(14)16(3-4-22-19)24-7-5-23(6-8-24)13-17(26)25-9-11-27-12-10-25/h1-4H,5-13H2. The molecule has 3 heterocycles. The van der Waals surface area contributed by atoms with Crippen LogP contribution in [-0.2, 0) is 9.53 Å². The topological polar surface area (TPSA) is 48.9 Å². The predicted molar refractivity (Wildman–Crippen MR) is 97.7 cm³/mol. The molecule has 0 spiro atoms. The van der Waals surface area contributed by atoms with Crippen LogP contribution in [0.4, 0.5) is 14.5 Å². The van der Waals surface area contributed by atoms with Crippen molar-refractivity contribution >= 4 is 22.5 Å². The van der Waals surface area contributed by atoms with Gasteiger partial charge in [-0.05, 0) is 18.2 Å². The molecule has 0 aliphatic carbocycles. The number of anilines is 1. The summed E-state index contributed by atoms with van der Waals surface area (Å²) in [6, 6.07) is 3.96. The van der Waals surface area contributed by atoms with Crippen LogP contribution in [-0.4, -0.2) is 79.7 Å². The van der Waals surface area contributed by atoms with E-state index >= 15 is 0 Å². The van der Waals surface area contributed by atoms with Crippen LogP contribution in [0.5, 0.6) is 0 Å². The molecule has 8 heteroatoms.